The molecule has 7 heteroatoms. The van der Waals surface area contributed by atoms with Gasteiger partial charge in [0.2, 0.25) is 5.41 Å². The van der Waals surface area contributed by atoms with Gasteiger partial charge >= 0.3 is 0 Å². The van der Waals surface area contributed by atoms with Gasteiger partial charge in [-0.1, -0.05) is 72.8 Å². The summed E-state index contributed by atoms with van der Waals surface area (Å²) in [5.74, 6) is 5.70. The van der Waals surface area contributed by atoms with Gasteiger partial charge in [-0.2, -0.15) is 0 Å². The highest BCUT2D eigenvalue weighted by atomic mass is 31.2. The van der Waals surface area contributed by atoms with Crippen LogP contribution in [0.2, 0.25) is 0 Å². The molecule has 0 spiro atoms. The lowest BCUT2D eigenvalue weighted by atomic mass is 10.0. The number of benzene rings is 4. The molecule has 0 saturated heterocycles. The first-order chi connectivity index (χ1) is 16.8. The molecule has 0 bridgehead atoms. The Hall–Kier alpha value is -3.57. The Morgan fingerprint density at radius 2 is 1.43 bits per heavy atom. The Morgan fingerprint density at radius 1 is 0.857 bits per heavy atom. The summed E-state index contributed by atoms with van der Waals surface area (Å²) in [6.07, 6.45) is 0. The van der Waals surface area contributed by atoms with Crippen molar-refractivity contribution in [3.05, 3.63) is 120 Å². The number of amides is 1. The lowest BCUT2D eigenvalue weighted by molar-refractivity contribution is 0.0987. The van der Waals surface area contributed by atoms with Crippen LogP contribution in [0, 0.1) is 0 Å². The van der Waals surface area contributed by atoms with Gasteiger partial charge in [0.15, 0.2) is 0 Å². The van der Waals surface area contributed by atoms with Crippen molar-refractivity contribution in [3.8, 4) is 11.1 Å². The molecule has 4 aromatic rings. The van der Waals surface area contributed by atoms with Gasteiger partial charge in [-0.3, -0.25) is 9.36 Å². The fourth-order valence-corrected chi connectivity index (χ4v) is 6.04. The molecule has 2 N–H and O–H groups in total. The third-order valence-electron chi connectivity index (χ3n) is 6.02. The van der Waals surface area contributed by atoms with Crippen LogP contribution < -0.4 is 16.2 Å². The van der Waals surface area contributed by atoms with Gasteiger partial charge in [0.1, 0.15) is 0 Å². The van der Waals surface area contributed by atoms with Crippen LogP contribution in [0.1, 0.15) is 22.8 Å². The number of nitrogens with two attached hydrogens (primary N) is 1. The number of hydrogen-bond donors (Lipinski definition) is 1. The molecule has 0 radical (unpaired) electrons. The smallest absolute Gasteiger partial charge is 0.272 e. The molecule has 4 rings (SSSR count). The third-order valence-corrected chi connectivity index (χ3v) is 8.87. The van der Waals surface area contributed by atoms with Crippen molar-refractivity contribution in [1.82, 2.24) is 0 Å². The van der Waals surface area contributed by atoms with Crippen molar-refractivity contribution < 1.29 is 18.3 Å². The van der Waals surface area contributed by atoms with Crippen LogP contribution in [0.25, 0.3) is 11.1 Å². The molecule has 35 heavy (non-hydrogen) atoms. The van der Waals surface area contributed by atoms with E-state index in [2.05, 4.69) is 0 Å². The van der Waals surface area contributed by atoms with Crippen molar-refractivity contribution in [3.63, 3.8) is 0 Å². The summed E-state index contributed by atoms with van der Waals surface area (Å²) in [6, 6.07) is 31.2. The average Bonchev–Trinajstić information content (AvgIpc) is 2.92. The number of carbonyl (C=O) groups is 1. The standard InChI is InChI=1S/C28H26FN2O3P/c1-28(29,35(33,34-2)26-14-7-4-8-15-26)24-18-16-22(17-19-24)27(32)31(30)25-13-9-12-23(20-25)21-10-5-3-6-11-21/h3-20H,30H2,1-2H3. The van der Waals surface area contributed by atoms with Gasteiger partial charge in [-0.15, -0.1) is 0 Å². The summed E-state index contributed by atoms with van der Waals surface area (Å²) in [4.78, 5) is 13.1. The molecule has 0 aliphatic heterocycles. The van der Waals surface area contributed by atoms with E-state index in [0.717, 1.165) is 16.1 Å². The summed E-state index contributed by atoms with van der Waals surface area (Å²) >= 11 is 0. The summed E-state index contributed by atoms with van der Waals surface area (Å²) < 4.78 is 34.8. The predicted octanol–water partition coefficient (Wildman–Crippen LogP) is 6.27. The second-order valence-corrected chi connectivity index (χ2v) is 11.0. The molecule has 0 saturated carbocycles. The number of hydrazine groups is 1. The first kappa shape index (κ1) is 24.6. The van der Waals surface area contributed by atoms with E-state index in [0.29, 0.717) is 5.69 Å². The van der Waals surface area contributed by atoms with Crippen molar-refractivity contribution >= 4 is 24.3 Å². The van der Waals surface area contributed by atoms with E-state index in [9.17, 15) is 9.36 Å². The van der Waals surface area contributed by atoms with E-state index >= 15 is 4.39 Å². The fraction of sp³-hybridized carbons (Fsp3) is 0.107. The molecule has 2 unspecified atom stereocenters. The van der Waals surface area contributed by atoms with Gasteiger partial charge in [-0.05, 0) is 60.0 Å². The SMILES string of the molecule is COP(=O)(c1ccccc1)C(C)(F)c1ccc(C(=O)N(N)c2cccc(-c3ccccc3)c2)cc1. The number of nitrogens with zero attached hydrogens (tertiary/aromatic N) is 1. The number of hydrogen-bond acceptors (Lipinski definition) is 4. The predicted molar refractivity (Wildman–Crippen MR) is 138 cm³/mol. The van der Waals surface area contributed by atoms with Crippen LogP contribution in [-0.4, -0.2) is 13.0 Å². The Labute approximate surface area is 204 Å². The topological polar surface area (TPSA) is 72.6 Å². The molecule has 0 fully saturated rings. The van der Waals surface area contributed by atoms with E-state index in [1.54, 1.807) is 36.4 Å². The highest BCUT2D eigenvalue weighted by Crippen LogP contribution is 2.63. The maximum Gasteiger partial charge on any atom is 0.272 e. The molecule has 5 nitrogen and oxygen atoms in total. The summed E-state index contributed by atoms with van der Waals surface area (Å²) in [5, 5.41) is -0.976. The first-order valence-electron chi connectivity index (χ1n) is 11.0. The summed E-state index contributed by atoms with van der Waals surface area (Å²) in [7, 11) is -2.67. The molecular weight excluding hydrogens is 462 g/mol. The Kier molecular flexibility index (Phi) is 6.99. The maximum absolute atomic E-state index is 16.0. The zero-order chi connectivity index (χ0) is 25.1. The molecule has 1 amide bonds. The van der Waals surface area contributed by atoms with Gasteiger partial charge in [0, 0.05) is 18.0 Å². The molecule has 4 aromatic carbocycles. The minimum Gasteiger partial charge on any atom is -0.326 e. The normalized spacial score (nSPS) is 14.5. The Morgan fingerprint density at radius 3 is 2.03 bits per heavy atom. The zero-order valence-electron chi connectivity index (χ0n) is 19.5. The fourth-order valence-electron chi connectivity index (χ4n) is 3.95. The number of anilines is 1. The van der Waals surface area contributed by atoms with E-state index in [1.807, 2.05) is 48.5 Å². The van der Waals surface area contributed by atoms with Gasteiger partial charge in [0.05, 0.1) is 5.69 Å². The second-order valence-electron chi connectivity index (χ2n) is 8.19. The number of halogens is 1. The number of alkyl halides is 1. The lowest BCUT2D eigenvalue weighted by Crippen LogP contribution is -2.37. The van der Waals surface area contributed by atoms with E-state index < -0.39 is 18.7 Å². The molecule has 0 aromatic heterocycles. The number of rotatable bonds is 7. The molecule has 0 aliphatic carbocycles. The van der Waals surface area contributed by atoms with Crippen LogP contribution in [0.15, 0.2) is 109 Å². The summed E-state index contributed by atoms with van der Waals surface area (Å²) in [5.41, 5.74) is 2.85. The first-order valence-corrected chi connectivity index (χ1v) is 12.7. The Balaban J connectivity index is 1.59. The van der Waals surface area contributed by atoms with E-state index in [-0.39, 0.29) is 16.4 Å². The third kappa shape index (κ3) is 4.69. The minimum atomic E-state index is -3.90. The monoisotopic (exact) mass is 488 g/mol. The van der Waals surface area contributed by atoms with Crippen molar-refractivity contribution in [2.75, 3.05) is 12.1 Å². The molecule has 0 heterocycles. The van der Waals surface area contributed by atoms with E-state index in [1.165, 1.54) is 38.3 Å². The quantitative estimate of drug-likeness (QED) is 0.144. The van der Waals surface area contributed by atoms with Crippen LogP contribution in [0.4, 0.5) is 10.1 Å². The van der Waals surface area contributed by atoms with Crippen molar-refractivity contribution in [1.29, 1.82) is 0 Å². The maximum atomic E-state index is 16.0. The van der Waals surface area contributed by atoms with Gasteiger partial charge in [0.25, 0.3) is 13.3 Å². The van der Waals surface area contributed by atoms with Crippen LogP contribution >= 0.6 is 7.37 Å². The van der Waals surface area contributed by atoms with Gasteiger partial charge < -0.3 is 4.52 Å². The van der Waals surface area contributed by atoms with Crippen LogP contribution in [-0.2, 0) is 14.5 Å². The average molecular weight is 488 g/mol. The molecule has 2 atom stereocenters. The van der Waals surface area contributed by atoms with E-state index in [4.69, 9.17) is 10.4 Å². The minimum absolute atomic E-state index is 0.137. The zero-order valence-corrected chi connectivity index (χ0v) is 20.4. The Bertz CT molecular complexity index is 1360. The molecule has 0 aliphatic rings. The summed E-state index contributed by atoms with van der Waals surface area (Å²) in [6.45, 7) is 1.23. The highest BCUT2D eigenvalue weighted by molar-refractivity contribution is 7.67. The lowest BCUT2D eigenvalue weighted by Gasteiger charge is -2.30. The van der Waals surface area contributed by atoms with Crippen LogP contribution in [0.5, 0.6) is 0 Å². The molecule has 178 valence electrons. The second kappa shape index (κ2) is 9.96. The molecular formula is C28H26FN2O3P. The van der Waals surface area contributed by atoms with Crippen molar-refractivity contribution in [2.24, 2.45) is 5.84 Å². The van der Waals surface area contributed by atoms with Crippen molar-refractivity contribution in [2.45, 2.75) is 12.3 Å². The highest BCUT2D eigenvalue weighted by Gasteiger charge is 2.48. The number of carbonyl (C=O) groups excluding carboxylic acids is 1. The largest absolute Gasteiger partial charge is 0.326 e. The van der Waals surface area contributed by atoms with Crippen LogP contribution in [0.3, 0.4) is 0 Å². The van der Waals surface area contributed by atoms with Gasteiger partial charge in [-0.25, -0.2) is 15.2 Å².